The molecule has 116 valence electrons. The third-order valence-electron chi connectivity index (χ3n) is 3.01. The van der Waals surface area contributed by atoms with Crippen LogP contribution in [0.15, 0.2) is 23.3 Å². The van der Waals surface area contributed by atoms with Gasteiger partial charge in [0.25, 0.3) is 5.91 Å². The Bertz CT molecular complexity index is 501. The second-order valence-corrected chi connectivity index (χ2v) is 5.47. The average molecular weight is 311 g/mol. The summed E-state index contributed by atoms with van der Waals surface area (Å²) in [6.45, 7) is 5.90. The van der Waals surface area contributed by atoms with Crippen molar-refractivity contribution in [1.29, 1.82) is 0 Å². The third-order valence-corrected chi connectivity index (χ3v) is 3.24. The summed E-state index contributed by atoms with van der Waals surface area (Å²) in [5.41, 5.74) is 4.34. The Morgan fingerprint density at radius 3 is 2.81 bits per heavy atom. The van der Waals surface area contributed by atoms with Crippen LogP contribution in [-0.4, -0.2) is 18.2 Å². The van der Waals surface area contributed by atoms with Crippen LogP contribution in [0, 0.1) is 6.92 Å². The maximum absolute atomic E-state index is 11.7. The quantitative estimate of drug-likeness (QED) is 0.446. The first-order valence-corrected chi connectivity index (χ1v) is 7.61. The number of unbranched alkanes of at least 4 members (excludes halogenated alkanes) is 2. The number of halogens is 1. The van der Waals surface area contributed by atoms with Crippen molar-refractivity contribution in [3.05, 3.63) is 28.8 Å². The molecule has 21 heavy (non-hydrogen) atoms. The average Bonchev–Trinajstić information content (AvgIpc) is 2.44. The third kappa shape index (κ3) is 7.14. The Kier molecular flexibility index (Phi) is 7.83. The van der Waals surface area contributed by atoms with Crippen LogP contribution in [-0.2, 0) is 4.79 Å². The summed E-state index contributed by atoms with van der Waals surface area (Å²) in [5, 5.41) is 4.71. The van der Waals surface area contributed by atoms with Gasteiger partial charge in [0.15, 0.2) is 6.61 Å². The molecule has 0 aliphatic rings. The number of nitrogens with one attached hydrogen (secondary N) is 1. The molecule has 0 aliphatic heterocycles. The molecule has 0 saturated heterocycles. The summed E-state index contributed by atoms with van der Waals surface area (Å²) >= 11 is 5.86. The van der Waals surface area contributed by atoms with Crippen LogP contribution in [0.4, 0.5) is 0 Å². The molecule has 1 aromatic carbocycles. The normalized spacial score (nSPS) is 11.3. The van der Waals surface area contributed by atoms with Crippen molar-refractivity contribution >= 4 is 23.2 Å². The number of carbonyl (C=O) groups is 1. The van der Waals surface area contributed by atoms with E-state index in [1.54, 1.807) is 18.2 Å². The number of amides is 1. The maximum atomic E-state index is 11.7. The van der Waals surface area contributed by atoms with E-state index in [4.69, 9.17) is 16.3 Å². The fourth-order valence-corrected chi connectivity index (χ4v) is 2.02. The van der Waals surface area contributed by atoms with Gasteiger partial charge in [0, 0.05) is 10.7 Å². The van der Waals surface area contributed by atoms with Gasteiger partial charge in [-0.3, -0.25) is 4.79 Å². The Morgan fingerprint density at radius 1 is 1.38 bits per heavy atom. The van der Waals surface area contributed by atoms with Gasteiger partial charge in [-0.15, -0.1) is 0 Å². The van der Waals surface area contributed by atoms with Crippen molar-refractivity contribution in [2.45, 2.75) is 46.5 Å². The Morgan fingerprint density at radius 2 is 2.14 bits per heavy atom. The van der Waals surface area contributed by atoms with E-state index >= 15 is 0 Å². The van der Waals surface area contributed by atoms with E-state index in [0.717, 1.165) is 24.1 Å². The lowest BCUT2D eigenvalue weighted by molar-refractivity contribution is -0.123. The van der Waals surface area contributed by atoms with E-state index in [2.05, 4.69) is 17.5 Å². The topological polar surface area (TPSA) is 50.7 Å². The number of benzene rings is 1. The van der Waals surface area contributed by atoms with E-state index in [9.17, 15) is 4.79 Å². The second kappa shape index (κ2) is 9.40. The predicted molar refractivity (Wildman–Crippen MR) is 87.1 cm³/mol. The van der Waals surface area contributed by atoms with Crippen molar-refractivity contribution in [3.63, 3.8) is 0 Å². The number of ether oxygens (including phenoxy) is 1. The first-order chi connectivity index (χ1) is 10.0. The minimum Gasteiger partial charge on any atom is -0.483 e. The van der Waals surface area contributed by atoms with Gasteiger partial charge < -0.3 is 4.74 Å². The lowest BCUT2D eigenvalue weighted by Gasteiger charge is -2.08. The van der Waals surface area contributed by atoms with Crippen LogP contribution < -0.4 is 10.2 Å². The molecule has 0 saturated carbocycles. The number of carbonyl (C=O) groups excluding carboxylic acids is 1. The monoisotopic (exact) mass is 310 g/mol. The van der Waals surface area contributed by atoms with Crippen molar-refractivity contribution < 1.29 is 9.53 Å². The smallest absolute Gasteiger partial charge is 0.277 e. The molecule has 0 atom stereocenters. The molecular weight excluding hydrogens is 288 g/mol. The van der Waals surface area contributed by atoms with Gasteiger partial charge in [0.05, 0.1) is 0 Å². The van der Waals surface area contributed by atoms with Crippen LogP contribution in [0.3, 0.4) is 0 Å². The molecule has 0 bridgehead atoms. The zero-order chi connectivity index (χ0) is 15.7. The summed E-state index contributed by atoms with van der Waals surface area (Å²) < 4.78 is 5.44. The van der Waals surface area contributed by atoms with Crippen LogP contribution >= 0.6 is 11.6 Å². The van der Waals surface area contributed by atoms with Crippen LogP contribution in [0.1, 0.15) is 45.1 Å². The molecule has 0 fully saturated rings. The minimum absolute atomic E-state index is 0.0613. The summed E-state index contributed by atoms with van der Waals surface area (Å²) in [4.78, 5) is 11.7. The lowest BCUT2D eigenvalue weighted by Crippen LogP contribution is -2.25. The van der Waals surface area contributed by atoms with Gasteiger partial charge in [0.1, 0.15) is 5.75 Å². The van der Waals surface area contributed by atoms with Crippen LogP contribution in [0.2, 0.25) is 5.02 Å². The zero-order valence-electron chi connectivity index (χ0n) is 12.9. The molecule has 5 heteroatoms. The molecule has 4 nitrogen and oxygen atoms in total. The number of nitrogens with zero attached hydrogens (tertiary/aromatic N) is 1. The largest absolute Gasteiger partial charge is 0.483 e. The Hall–Kier alpha value is -1.55. The first-order valence-electron chi connectivity index (χ1n) is 7.24. The van der Waals surface area contributed by atoms with Crippen molar-refractivity contribution in [1.82, 2.24) is 5.43 Å². The molecule has 0 unspecified atom stereocenters. The highest BCUT2D eigenvalue weighted by molar-refractivity contribution is 6.30. The zero-order valence-corrected chi connectivity index (χ0v) is 13.7. The van der Waals surface area contributed by atoms with Crippen molar-refractivity contribution in [3.8, 4) is 5.75 Å². The SMILES string of the molecule is CCCCC/C(C)=N/NC(=O)COc1ccc(Cl)cc1C. The highest BCUT2D eigenvalue weighted by atomic mass is 35.5. The number of hydrogen-bond donors (Lipinski definition) is 1. The molecule has 0 aliphatic carbocycles. The van der Waals surface area contributed by atoms with Crippen molar-refractivity contribution in [2.75, 3.05) is 6.61 Å². The molecule has 1 rings (SSSR count). The van der Waals surface area contributed by atoms with E-state index in [1.807, 2.05) is 13.8 Å². The van der Waals surface area contributed by atoms with Gasteiger partial charge in [-0.25, -0.2) is 5.43 Å². The molecule has 0 spiro atoms. The van der Waals surface area contributed by atoms with E-state index < -0.39 is 0 Å². The highest BCUT2D eigenvalue weighted by Gasteiger charge is 2.05. The molecule has 0 heterocycles. The fourth-order valence-electron chi connectivity index (χ4n) is 1.79. The number of hydrogen-bond acceptors (Lipinski definition) is 3. The second-order valence-electron chi connectivity index (χ2n) is 5.04. The number of aryl methyl sites for hydroxylation is 1. The standard InChI is InChI=1S/C16H23ClN2O2/c1-4-5-6-7-13(3)18-19-16(20)11-21-15-9-8-14(17)10-12(15)2/h8-10H,4-7,11H2,1-3H3,(H,19,20)/b18-13+. The van der Waals surface area contributed by atoms with Gasteiger partial charge in [-0.05, 0) is 50.5 Å². The Labute approximate surface area is 131 Å². The van der Waals surface area contributed by atoms with Gasteiger partial charge in [-0.1, -0.05) is 31.4 Å². The summed E-state index contributed by atoms with van der Waals surface area (Å²) in [6.07, 6.45) is 4.36. The van der Waals surface area contributed by atoms with E-state index in [1.165, 1.54) is 12.8 Å². The fraction of sp³-hybridized carbons (Fsp3) is 0.500. The molecule has 0 radical (unpaired) electrons. The first kappa shape index (κ1) is 17.5. The van der Waals surface area contributed by atoms with E-state index in [0.29, 0.717) is 10.8 Å². The summed E-state index contributed by atoms with van der Waals surface area (Å²) in [5.74, 6) is 0.386. The molecule has 1 aromatic rings. The number of hydrazone groups is 1. The van der Waals surface area contributed by atoms with Crippen LogP contribution in [0.25, 0.3) is 0 Å². The van der Waals surface area contributed by atoms with Gasteiger partial charge in [0.2, 0.25) is 0 Å². The number of rotatable bonds is 8. The van der Waals surface area contributed by atoms with Gasteiger partial charge in [-0.2, -0.15) is 5.10 Å². The summed E-state index contributed by atoms with van der Waals surface area (Å²) in [6, 6.07) is 5.28. The van der Waals surface area contributed by atoms with Gasteiger partial charge >= 0.3 is 0 Å². The summed E-state index contributed by atoms with van der Waals surface area (Å²) in [7, 11) is 0. The Balaban J connectivity index is 2.35. The van der Waals surface area contributed by atoms with E-state index in [-0.39, 0.29) is 12.5 Å². The molecule has 1 amide bonds. The minimum atomic E-state index is -0.265. The maximum Gasteiger partial charge on any atom is 0.277 e. The van der Waals surface area contributed by atoms with Crippen LogP contribution in [0.5, 0.6) is 5.75 Å². The van der Waals surface area contributed by atoms with Crippen molar-refractivity contribution in [2.24, 2.45) is 5.10 Å². The molecule has 1 N–H and O–H groups in total. The lowest BCUT2D eigenvalue weighted by atomic mass is 10.1. The molecule has 0 aromatic heterocycles. The molecular formula is C16H23ClN2O2. The predicted octanol–water partition coefficient (Wildman–Crippen LogP) is 4.10. The highest BCUT2D eigenvalue weighted by Crippen LogP contribution is 2.21.